The number of fused-ring (bicyclic) bond motifs is 2. The molecule has 0 aromatic heterocycles. The fourth-order valence-electron chi connectivity index (χ4n) is 8.41. The van der Waals surface area contributed by atoms with Gasteiger partial charge < -0.3 is 29.5 Å². The van der Waals surface area contributed by atoms with Crippen LogP contribution in [-0.4, -0.2) is 55.6 Å². The predicted molar refractivity (Wildman–Crippen MR) is 175 cm³/mol. The van der Waals surface area contributed by atoms with E-state index >= 15 is 0 Å². The number of aliphatic carboxylic acids is 1. The molecule has 8 nitrogen and oxygen atoms in total. The number of hydrogen-bond donors (Lipinski definition) is 3. The van der Waals surface area contributed by atoms with E-state index in [1.54, 1.807) is 12.2 Å². The second-order valence-corrected chi connectivity index (χ2v) is 15.0. The number of allylic oxidation sites excluding steroid dienone is 4. The fraction of sp³-hybridized carbons (Fsp3) is 0.526. The Bertz CT molecular complexity index is 1680. The van der Waals surface area contributed by atoms with Crippen molar-refractivity contribution in [3.8, 4) is 17.2 Å². The lowest BCUT2D eigenvalue weighted by Crippen LogP contribution is -2.73. The Morgan fingerprint density at radius 3 is 2.37 bits per heavy atom. The molecule has 46 heavy (non-hydrogen) atoms. The van der Waals surface area contributed by atoms with E-state index in [1.807, 2.05) is 52.8 Å². The molecule has 4 bridgehead atoms. The lowest BCUT2D eigenvalue weighted by atomic mass is 9.50. The summed E-state index contributed by atoms with van der Waals surface area (Å²) in [4.78, 5) is 26.6. The molecule has 3 aliphatic carbocycles. The maximum absolute atomic E-state index is 14.7. The van der Waals surface area contributed by atoms with E-state index < -0.39 is 40.4 Å². The largest absolute Gasteiger partial charge is 0.506 e. The van der Waals surface area contributed by atoms with Crippen LogP contribution < -0.4 is 9.47 Å². The van der Waals surface area contributed by atoms with Crippen molar-refractivity contribution in [2.75, 3.05) is 0 Å². The van der Waals surface area contributed by atoms with Crippen LogP contribution in [0.5, 0.6) is 17.2 Å². The number of aliphatic hydroxyl groups is 1. The number of hydrogen-bond acceptors (Lipinski definition) is 7. The van der Waals surface area contributed by atoms with Gasteiger partial charge >= 0.3 is 5.97 Å². The summed E-state index contributed by atoms with van der Waals surface area (Å²) in [5, 5.41) is 33.4. The molecule has 6 unspecified atom stereocenters. The van der Waals surface area contributed by atoms with E-state index in [2.05, 4.69) is 19.9 Å². The van der Waals surface area contributed by atoms with Crippen molar-refractivity contribution in [3.63, 3.8) is 0 Å². The Morgan fingerprint density at radius 2 is 1.72 bits per heavy atom. The van der Waals surface area contributed by atoms with Crippen molar-refractivity contribution in [1.82, 2.24) is 0 Å². The average Bonchev–Trinajstić information content (AvgIpc) is 3.12. The molecule has 7 rings (SSSR count). The van der Waals surface area contributed by atoms with Crippen LogP contribution in [0.2, 0.25) is 0 Å². The molecule has 0 radical (unpaired) electrons. The summed E-state index contributed by atoms with van der Waals surface area (Å²) in [7, 11) is 0. The van der Waals surface area contributed by atoms with Gasteiger partial charge in [0.05, 0.1) is 17.3 Å². The van der Waals surface area contributed by atoms with Crippen molar-refractivity contribution < 1.29 is 39.1 Å². The van der Waals surface area contributed by atoms with Crippen molar-refractivity contribution in [3.05, 3.63) is 69.4 Å². The number of benzene rings is 1. The lowest BCUT2D eigenvalue weighted by Gasteiger charge is -2.59. The highest BCUT2D eigenvalue weighted by Crippen LogP contribution is 2.69. The van der Waals surface area contributed by atoms with Crippen LogP contribution in [0.4, 0.5) is 0 Å². The minimum Gasteiger partial charge on any atom is -0.506 e. The summed E-state index contributed by atoms with van der Waals surface area (Å²) in [6, 6.07) is 0. The monoisotopic (exact) mass is 630 g/mol. The molecule has 2 fully saturated rings. The number of aliphatic hydroxyl groups excluding tert-OH is 1. The number of aromatic hydroxyl groups is 1. The quantitative estimate of drug-likeness (QED) is 0.207. The first kappa shape index (κ1) is 32.3. The molecule has 1 aromatic carbocycles. The topological polar surface area (TPSA) is 123 Å². The van der Waals surface area contributed by atoms with Gasteiger partial charge in [0.25, 0.3) is 0 Å². The zero-order chi connectivity index (χ0) is 33.6. The zero-order valence-corrected chi connectivity index (χ0v) is 28.1. The van der Waals surface area contributed by atoms with Crippen LogP contribution in [0.3, 0.4) is 0 Å². The van der Waals surface area contributed by atoms with E-state index in [0.29, 0.717) is 41.7 Å². The number of carboxylic acid groups (broad SMARTS) is 1. The van der Waals surface area contributed by atoms with Crippen LogP contribution in [0, 0.1) is 11.8 Å². The number of carbonyl (C=O) groups excluding carboxylic acids is 1. The first-order valence-corrected chi connectivity index (χ1v) is 16.3. The number of Topliss-reactive ketones (excluding diaryl/α,β-unsaturated/α-hetero) is 1. The fourth-order valence-corrected chi connectivity index (χ4v) is 8.41. The van der Waals surface area contributed by atoms with Gasteiger partial charge in [0.2, 0.25) is 0 Å². The lowest BCUT2D eigenvalue weighted by molar-refractivity contribution is -0.204. The third-order valence-electron chi connectivity index (χ3n) is 10.7. The van der Waals surface area contributed by atoms with E-state index in [1.165, 1.54) is 12.5 Å². The maximum atomic E-state index is 14.7. The summed E-state index contributed by atoms with van der Waals surface area (Å²) in [6.45, 7) is 15.5. The maximum Gasteiger partial charge on any atom is 0.330 e. The summed E-state index contributed by atoms with van der Waals surface area (Å²) < 4.78 is 20.8. The van der Waals surface area contributed by atoms with Gasteiger partial charge in [-0.1, -0.05) is 35.5 Å². The van der Waals surface area contributed by atoms with Crippen LogP contribution in [0.15, 0.2) is 52.7 Å². The highest BCUT2D eigenvalue weighted by Gasteiger charge is 2.80. The Balaban J connectivity index is 1.58. The number of carboxylic acids is 1. The van der Waals surface area contributed by atoms with Gasteiger partial charge in [-0.15, -0.1) is 0 Å². The molecule has 8 heteroatoms. The average molecular weight is 631 g/mol. The molecule has 6 aliphatic rings. The Kier molecular flexibility index (Phi) is 7.52. The third-order valence-corrected chi connectivity index (χ3v) is 10.7. The van der Waals surface area contributed by atoms with E-state index in [4.69, 9.17) is 14.2 Å². The van der Waals surface area contributed by atoms with Crippen molar-refractivity contribution >= 4 is 17.8 Å². The van der Waals surface area contributed by atoms with Crippen molar-refractivity contribution in [1.29, 1.82) is 0 Å². The van der Waals surface area contributed by atoms with Gasteiger partial charge in [0.1, 0.15) is 34.0 Å². The molecule has 3 aliphatic heterocycles. The molecule has 1 saturated carbocycles. The van der Waals surface area contributed by atoms with Crippen LogP contribution >= 0.6 is 0 Å². The third kappa shape index (κ3) is 4.54. The zero-order valence-electron chi connectivity index (χ0n) is 28.1. The van der Waals surface area contributed by atoms with Gasteiger partial charge in [-0.3, -0.25) is 4.79 Å². The molecule has 0 amide bonds. The minimum atomic E-state index is -1.43. The Morgan fingerprint density at radius 1 is 1.02 bits per heavy atom. The summed E-state index contributed by atoms with van der Waals surface area (Å²) in [5.41, 5.74) is -0.383. The normalized spacial score (nSPS) is 32.8. The van der Waals surface area contributed by atoms with E-state index in [9.17, 15) is 24.9 Å². The summed E-state index contributed by atoms with van der Waals surface area (Å²) >= 11 is 0. The molecule has 1 spiro atoms. The molecular formula is C38H46O8. The second-order valence-electron chi connectivity index (χ2n) is 15.0. The van der Waals surface area contributed by atoms with E-state index in [-0.39, 0.29) is 40.8 Å². The van der Waals surface area contributed by atoms with Crippen LogP contribution in [0.25, 0.3) is 6.08 Å². The van der Waals surface area contributed by atoms with Crippen molar-refractivity contribution in [2.45, 2.75) is 116 Å². The molecular weight excluding hydrogens is 584 g/mol. The first-order valence-electron chi connectivity index (χ1n) is 16.3. The standard InChI is InChI=1S/C38H46O8/c1-20(2)10-9-15-36(8)16-14-24-29(39)28-30(40)26-18-23-19-27-35(6,7)46-37(33(23)41,17-13-22(5)34(42)43)38(26,27)45-32(28)25(31(24)44-36)12-11-21(3)4/h10-11,13-14,16,18,23,27,33,39,41H,9,12,15,17,19H2,1-8H3,(H,42,43)/b22-13+. The highest BCUT2D eigenvalue weighted by molar-refractivity contribution is 6.16. The first-order chi connectivity index (χ1) is 21.5. The van der Waals surface area contributed by atoms with Gasteiger partial charge in [0, 0.05) is 35.0 Å². The number of ether oxygens (including phenoxy) is 3. The molecule has 246 valence electrons. The summed E-state index contributed by atoms with van der Waals surface area (Å²) in [6.07, 6.45) is 12.8. The SMILES string of the molecule is CC(C)=CCCC1(C)C=Cc2c(O)c3c(c(CC=C(C)C)c2O1)OC12C(=CC4CC1C(C)(C)OC2(C/C=C(\C)C(=O)O)C4O)C3=O. The number of rotatable bonds is 8. The Hall–Kier alpha value is -3.62. The number of ketones is 1. The molecule has 3 heterocycles. The number of phenolic OH excluding ortho intramolecular Hbond substituents is 1. The smallest absolute Gasteiger partial charge is 0.330 e. The van der Waals surface area contributed by atoms with Gasteiger partial charge in [-0.25, -0.2) is 4.79 Å². The van der Waals surface area contributed by atoms with Gasteiger partial charge in [0.15, 0.2) is 11.4 Å². The molecule has 1 saturated heterocycles. The molecule has 3 N–H and O–H groups in total. The van der Waals surface area contributed by atoms with Crippen LogP contribution in [-0.2, 0) is 16.0 Å². The number of carbonyl (C=O) groups is 2. The van der Waals surface area contributed by atoms with Gasteiger partial charge in [-0.05, 0) is 93.2 Å². The number of phenols is 1. The van der Waals surface area contributed by atoms with Gasteiger partial charge in [-0.2, -0.15) is 0 Å². The van der Waals surface area contributed by atoms with Crippen LogP contribution in [0.1, 0.15) is 103 Å². The predicted octanol–water partition coefficient (Wildman–Crippen LogP) is 7.03. The highest BCUT2D eigenvalue weighted by atomic mass is 16.6. The Labute approximate surface area is 271 Å². The molecule has 1 aromatic rings. The van der Waals surface area contributed by atoms with E-state index in [0.717, 1.165) is 12.0 Å². The second kappa shape index (κ2) is 10.7. The minimum absolute atomic E-state index is 0.0323. The molecule has 6 atom stereocenters. The van der Waals surface area contributed by atoms with Crippen molar-refractivity contribution in [2.24, 2.45) is 11.8 Å². The summed E-state index contributed by atoms with van der Waals surface area (Å²) in [5.74, 6) is -1.64.